The molecule has 8 nitrogen and oxygen atoms in total. The van der Waals surface area contributed by atoms with Crippen LogP contribution in [0, 0.1) is 0 Å². The first-order valence-electron chi connectivity index (χ1n) is 9.99. The predicted molar refractivity (Wildman–Crippen MR) is 104 cm³/mol. The smallest absolute Gasteiger partial charge is 0.280 e. The van der Waals surface area contributed by atoms with Crippen LogP contribution in [0.2, 0.25) is 0 Å². The Balaban J connectivity index is 1.37. The van der Waals surface area contributed by atoms with E-state index in [-0.39, 0.29) is 11.6 Å². The van der Waals surface area contributed by atoms with Gasteiger partial charge in [-0.15, -0.1) is 10.2 Å². The second-order valence-corrected chi connectivity index (χ2v) is 7.47. The van der Waals surface area contributed by atoms with Gasteiger partial charge in [-0.2, -0.15) is 0 Å². The van der Waals surface area contributed by atoms with E-state index in [9.17, 15) is 8.78 Å². The Morgan fingerprint density at radius 2 is 1.83 bits per heavy atom. The Morgan fingerprint density at radius 1 is 1.07 bits per heavy atom. The van der Waals surface area contributed by atoms with Crippen LogP contribution in [0.1, 0.15) is 49.5 Å². The molecule has 4 heterocycles. The highest BCUT2D eigenvalue weighted by Gasteiger charge is 2.30. The number of fused-ring (bicyclic) bond motifs is 1. The molecule has 0 atom stereocenters. The molecule has 3 aromatic heterocycles. The minimum atomic E-state index is -2.59. The fraction of sp³-hybridized carbons (Fsp3) is 0.526. The largest absolute Gasteiger partial charge is 0.353 e. The Hall–Kier alpha value is -2.91. The highest BCUT2D eigenvalue weighted by Crippen LogP contribution is 2.39. The number of aryl methyl sites for hydroxylation is 1. The van der Waals surface area contributed by atoms with Gasteiger partial charge >= 0.3 is 0 Å². The lowest BCUT2D eigenvalue weighted by Gasteiger charge is -2.36. The lowest BCUT2D eigenvalue weighted by atomic mass is 10.2. The van der Waals surface area contributed by atoms with Crippen molar-refractivity contribution in [3.8, 4) is 0 Å². The monoisotopic (exact) mass is 400 g/mol. The van der Waals surface area contributed by atoms with Crippen LogP contribution in [0.3, 0.4) is 0 Å². The van der Waals surface area contributed by atoms with Crippen molar-refractivity contribution in [1.82, 2.24) is 29.5 Å². The van der Waals surface area contributed by atoms with Crippen molar-refractivity contribution in [3.05, 3.63) is 35.8 Å². The summed E-state index contributed by atoms with van der Waals surface area (Å²) < 4.78 is 28.6. The highest BCUT2D eigenvalue weighted by atomic mass is 19.3. The molecule has 3 aromatic rings. The van der Waals surface area contributed by atoms with Gasteiger partial charge in [-0.25, -0.2) is 23.7 Å². The fourth-order valence-electron chi connectivity index (χ4n) is 3.74. The zero-order valence-corrected chi connectivity index (χ0v) is 16.2. The molecule has 2 fully saturated rings. The summed E-state index contributed by atoms with van der Waals surface area (Å²) in [6.07, 6.45) is 3.81. The first-order chi connectivity index (χ1) is 14.1. The Kier molecular flexibility index (Phi) is 4.48. The molecule has 1 aliphatic carbocycles. The molecule has 0 aromatic carbocycles. The fourth-order valence-corrected chi connectivity index (χ4v) is 3.74. The molecule has 1 saturated carbocycles. The molecule has 0 N–H and O–H groups in total. The molecule has 152 valence electrons. The third-order valence-electron chi connectivity index (χ3n) is 5.51. The molecule has 0 radical (unpaired) electrons. The van der Waals surface area contributed by atoms with Gasteiger partial charge in [0.05, 0.1) is 0 Å². The van der Waals surface area contributed by atoms with Crippen molar-refractivity contribution in [3.63, 3.8) is 0 Å². The van der Waals surface area contributed by atoms with Gasteiger partial charge in [-0.05, 0) is 12.8 Å². The van der Waals surface area contributed by atoms with Crippen LogP contribution < -0.4 is 9.80 Å². The van der Waals surface area contributed by atoms with E-state index in [2.05, 4.69) is 34.9 Å². The maximum absolute atomic E-state index is 13.3. The van der Waals surface area contributed by atoms with E-state index < -0.39 is 6.43 Å². The first-order valence-corrected chi connectivity index (χ1v) is 9.99. The van der Waals surface area contributed by atoms with Crippen LogP contribution >= 0.6 is 0 Å². The zero-order valence-electron chi connectivity index (χ0n) is 16.2. The topological polar surface area (TPSA) is 75.3 Å². The van der Waals surface area contributed by atoms with Gasteiger partial charge in [-0.3, -0.25) is 4.40 Å². The van der Waals surface area contributed by atoms with Crippen molar-refractivity contribution in [2.24, 2.45) is 0 Å². The number of rotatable bonds is 5. The van der Waals surface area contributed by atoms with E-state index in [4.69, 9.17) is 0 Å². The summed E-state index contributed by atoms with van der Waals surface area (Å²) >= 11 is 0. The van der Waals surface area contributed by atoms with Crippen molar-refractivity contribution < 1.29 is 8.78 Å². The highest BCUT2D eigenvalue weighted by molar-refractivity contribution is 5.64. The summed E-state index contributed by atoms with van der Waals surface area (Å²) in [6, 6.07) is 1.43. The third kappa shape index (κ3) is 3.36. The summed E-state index contributed by atoms with van der Waals surface area (Å²) in [5.74, 6) is 3.08. The van der Waals surface area contributed by atoms with Crippen LogP contribution in [-0.2, 0) is 6.42 Å². The standard InChI is InChI=1S/C19H22F2N8/c1-2-14-25-26-19-18(22-5-6-29(14)19)28-9-7-27(8-10-28)15-11-13(16(20)21)23-17(24-15)12-3-4-12/h5-6,11-12,16H,2-4,7-10H2,1H3. The van der Waals surface area contributed by atoms with Crippen LogP contribution in [0.15, 0.2) is 18.5 Å². The second-order valence-electron chi connectivity index (χ2n) is 7.47. The van der Waals surface area contributed by atoms with E-state index in [1.807, 2.05) is 17.5 Å². The number of nitrogens with zero attached hydrogens (tertiary/aromatic N) is 8. The van der Waals surface area contributed by atoms with E-state index in [0.717, 1.165) is 36.6 Å². The summed E-state index contributed by atoms with van der Waals surface area (Å²) in [4.78, 5) is 17.4. The number of hydrogen-bond acceptors (Lipinski definition) is 7. The second kappa shape index (κ2) is 7.16. The number of anilines is 2. The molecule has 5 rings (SSSR count). The van der Waals surface area contributed by atoms with Crippen LogP contribution in [0.25, 0.3) is 5.65 Å². The average molecular weight is 400 g/mol. The number of piperazine rings is 1. The summed E-state index contributed by atoms with van der Waals surface area (Å²) in [6.45, 7) is 4.78. The Labute approximate surface area is 166 Å². The average Bonchev–Trinajstić information content (AvgIpc) is 3.52. The minimum Gasteiger partial charge on any atom is -0.353 e. The van der Waals surface area contributed by atoms with Gasteiger partial charge in [-0.1, -0.05) is 6.92 Å². The normalized spacial score (nSPS) is 17.5. The van der Waals surface area contributed by atoms with Crippen molar-refractivity contribution in [2.75, 3.05) is 36.0 Å². The van der Waals surface area contributed by atoms with Crippen molar-refractivity contribution in [1.29, 1.82) is 0 Å². The molecule has 0 spiro atoms. The lowest BCUT2D eigenvalue weighted by molar-refractivity contribution is 0.145. The van der Waals surface area contributed by atoms with E-state index in [1.165, 1.54) is 6.07 Å². The van der Waals surface area contributed by atoms with Gasteiger partial charge in [0.2, 0.25) is 5.65 Å². The molecule has 0 amide bonds. The maximum Gasteiger partial charge on any atom is 0.280 e. The van der Waals surface area contributed by atoms with Gasteiger partial charge in [0.1, 0.15) is 23.2 Å². The van der Waals surface area contributed by atoms with E-state index in [1.54, 1.807) is 6.20 Å². The molecule has 1 aliphatic heterocycles. The molecule has 10 heteroatoms. The molecule has 0 bridgehead atoms. The third-order valence-corrected chi connectivity index (χ3v) is 5.51. The van der Waals surface area contributed by atoms with Gasteiger partial charge in [0.15, 0.2) is 5.82 Å². The summed E-state index contributed by atoms with van der Waals surface area (Å²) in [5, 5.41) is 8.54. The van der Waals surface area contributed by atoms with Crippen molar-refractivity contribution >= 4 is 17.3 Å². The maximum atomic E-state index is 13.3. The SMILES string of the molecule is CCc1nnc2c(N3CCN(c4cc(C(F)F)nc(C5CC5)n4)CC3)nccn12. The molecule has 0 unspecified atom stereocenters. The summed E-state index contributed by atoms with van der Waals surface area (Å²) in [7, 11) is 0. The minimum absolute atomic E-state index is 0.179. The first kappa shape index (κ1) is 18.1. The van der Waals surface area contributed by atoms with Crippen LogP contribution in [-0.4, -0.2) is 55.7 Å². The van der Waals surface area contributed by atoms with E-state index >= 15 is 0 Å². The molecular weight excluding hydrogens is 378 g/mol. The quantitative estimate of drug-likeness (QED) is 0.652. The Bertz CT molecular complexity index is 1000. The molecule has 29 heavy (non-hydrogen) atoms. The molecule has 1 saturated heterocycles. The van der Waals surface area contributed by atoms with Crippen molar-refractivity contribution in [2.45, 2.75) is 38.5 Å². The van der Waals surface area contributed by atoms with Crippen LogP contribution in [0.5, 0.6) is 0 Å². The number of alkyl halides is 2. The number of hydrogen-bond donors (Lipinski definition) is 0. The molecular formula is C19H22F2N8. The van der Waals surface area contributed by atoms with E-state index in [0.29, 0.717) is 37.8 Å². The molecule has 2 aliphatic rings. The number of aromatic nitrogens is 6. The van der Waals surface area contributed by atoms with Gasteiger partial charge < -0.3 is 9.80 Å². The number of halogens is 2. The summed E-state index contributed by atoms with van der Waals surface area (Å²) in [5.41, 5.74) is 0.567. The zero-order chi connectivity index (χ0) is 20.0. The Morgan fingerprint density at radius 3 is 2.52 bits per heavy atom. The van der Waals surface area contributed by atoms with Gasteiger partial charge in [0, 0.05) is 57.0 Å². The lowest BCUT2D eigenvalue weighted by Crippen LogP contribution is -2.47. The van der Waals surface area contributed by atoms with Gasteiger partial charge in [0.25, 0.3) is 6.43 Å². The predicted octanol–water partition coefficient (Wildman–Crippen LogP) is 2.62. The van der Waals surface area contributed by atoms with Crippen LogP contribution in [0.4, 0.5) is 20.4 Å².